The summed E-state index contributed by atoms with van der Waals surface area (Å²) in [6.45, 7) is 3.14. The van der Waals surface area contributed by atoms with Crippen LogP contribution in [0.15, 0.2) is 36.8 Å². The number of pyridine rings is 1. The van der Waals surface area contributed by atoms with Crippen molar-refractivity contribution in [2.24, 2.45) is 0 Å². The molecule has 32 heavy (non-hydrogen) atoms. The number of nitrogen functional groups attached to an aromatic ring is 1. The molecule has 0 radical (unpaired) electrons. The van der Waals surface area contributed by atoms with Crippen LogP contribution in [0.5, 0.6) is 5.75 Å². The van der Waals surface area contributed by atoms with E-state index >= 15 is 0 Å². The average molecular weight is 481 g/mol. The molecule has 1 saturated heterocycles. The summed E-state index contributed by atoms with van der Waals surface area (Å²) in [5, 5.41) is 15.3. The zero-order valence-electron chi connectivity index (χ0n) is 17.4. The van der Waals surface area contributed by atoms with E-state index in [0.29, 0.717) is 48.9 Å². The third-order valence-corrected chi connectivity index (χ3v) is 6.23. The second kappa shape index (κ2) is 9.23. The Morgan fingerprint density at radius 2 is 2.03 bits per heavy atom. The Morgan fingerprint density at radius 1 is 1.28 bits per heavy atom. The van der Waals surface area contributed by atoms with Crippen molar-refractivity contribution < 1.29 is 19.0 Å². The average Bonchev–Trinajstić information content (AvgIpc) is 3.21. The molecule has 1 aromatic carbocycles. The largest absolute Gasteiger partial charge is 0.482 e. The lowest BCUT2D eigenvalue weighted by Gasteiger charge is -2.31. The van der Waals surface area contributed by atoms with Gasteiger partial charge in [-0.25, -0.2) is 9.37 Å². The molecule has 1 unspecified atom stereocenters. The van der Waals surface area contributed by atoms with Crippen molar-refractivity contribution in [2.45, 2.75) is 38.0 Å². The first kappa shape index (κ1) is 22.8. The minimum atomic E-state index is -0.839. The molecular weight excluding hydrogens is 458 g/mol. The molecule has 3 N–H and O–H groups in total. The molecule has 0 bridgehead atoms. The van der Waals surface area contributed by atoms with Crippen molar-refractivity contribution in [3.05, 3.63) is 58.2 Å². The zero-order chi connectivity index (χ0) is 22.9. The Balaban J connectivity index is 1.55. The van der Waals surface area contributed by atoms with E-state index in [4.69, 9.17) is 38.4 Å². The second-order valence-electron chi connectivity index (χ2n) is 7.89. The first-order valence-electron chi connectivity index (χ1n) is 10.1. The van der Waals surface area contributed by atoms with E-state index in [1.54, 1.807) is 30.1 Å². The summed E-state index contributed by atoms with van der Waals surface area (Å²) in [6.07, 6.45) is 5.58. The number of rotatable bonds is 6. The van der Waals surface area contributed by atoms with Crippen LogP contribution < -0.4 is 10.5 Å². The molecule has 3 heterocycles. The van der Waals surface area contributed by atoms with Crippen molar-refractivity contribution in [1.29, 1.82) is 0 Å². The molecule has 1 aliphatic rings. The summed E-state index contributed by atoms with van der Waals surface area (Å²) in [5.74, 6) is -0.102. The van der Waals surface area contributed by atoms with Gasteiger partial charge in [-0.3, -0.25) is 4.68 Å². The molecule has 4 rings (SSSR count). The normalized spacial score (nSPS) is 16.7. The van der Waals surface area contributed by atoms with E-state index in [9.17, 15) is 9.50 Å². The highest BCUT2D eigenvalue weighted by molar-refractivity contribution is 6.36. The summed E-state index contributed by atoms with van der Waals surface area (Å²) in [7, 11) is 0. The van der Waals surface area contributed by atoms with E-state index in [1.165, 1.54) is 12.1 Å². The predicted molar refractivity (Wildman–Crippen MR) is 120 cm³/mol. The molecule has 0 saturated carbocycles. The number of hydrogen-bond donors (Lipinski definition) is 2. The quantitative estimate of drug-likeness (QED) is 0.498. The van der Waals surface area contributed by atoms with Gasteiger partial charge in [0.15, 0.2) is 11.6 Å². The fourth-order valence-electron chi connectivity index (χ4n) is 3.68. The lowest BCUT2D eigenvalue weighted by atomic mass is 9.94. The Labute approximate surface area is 194 Å². The summed E-state index contributed by atoms with van der Waals surface area (Å²) < 4.78 is 26.9. The Kier molecular flexibility index (Phi) is 6.57. The third kappa shape index (κ3) is 4.83. The maximum Gasteiger partial charge on any atom is 0.166 e. The SMILES string of the molecule is CC(Oc1cc(-c2cnn(CC3(O)CCOCC3)c2)cnc1N)c1c(Cl)ccc(F)c1Cl. The van der Waals surface area contributed by atoms with Crippen molar-refractivity contribution in [2.75, 3.05) is 18.9 Å². The Bertz CT molecular complexity index is 1120. The fraction of sp³-hybridized carbons (Fsp3) is 0.364. The number of hydrogen-bond acceptors (Lipinski definition) is 6. The standard InChI is InChI=1S/C22H23Cl2FN4O3/c1-13(19-16(23)2-3-17(25)20(19)24)32-18-8-14(9-27-21(18)26)15-10-28-29(11-15)12-22(30)4-6-31-7-5-22/h2-3,8-11,13,30H,4-7,12H2,1H3,(H2,26,27). The number of ether oxygens (including phenoxy) is 2. The van der Waals surface area contributed by atoms with E-state index in [1.807, 2.05) is 6.20 Å². The summed E-state index contributed by atoms with van der Waals surface area (Å²) in [5.41, 5.74) is 7.00. The van der Waals surface area contributed by atoms with Gasteiger partial charge in [-0.15, -0.1) is 0 Å². The van der Waals surface area contributed by atoms with Crippen LogP contribution in [0.4, 0.5) is 10.2 Å². The molecule has 1 fully saturated rings. The molecule has 2 aromatic heterocycles. The molecule has 10 heteroatoms. The van der Waals surface area contributed by atoms with Gasteiger partial charge in [0, 0.05) is 60.2 Å². The van der Waals surface area contributed by atoms with Crippen LogP contribution in [0.2, 0.25) is 10.0 Å². The number of nitrogens with two attached hydrogens (primary N) is 1. The molecule has 7 nitrogen and oxygen atoms in total. The van der Waals surface area contributed by atoms with Gasteiger partial charge in [0.2, 0.25) is 0 Å². The smallest absolute Gasteiger partial charge is 0.166 e. The number of aliphatic hydroxyl groups is 1. The monoisotopic (exact) mass is 480 g/mol. The summed E-state index contributed by atoms with van der Waals surface area (Å²) in [6, 6.07) is 4.35. The molecule has 1 atom stereocenters. The highest BCUT2D eigenvalue weighted by Crippen LogP contribution is 2.37. The lowest BCUT2D eigenvalue weighted by Crippen LogP contribution is -2.40. The maximum atomic E-state index is 13.9. The van der Waals surface area contributed by atoms with Crippen LogP contribution in [0.1, 0.15) is 31.4 Å². The molecule has 0 amide bonds. The second-order valence-corrected chi connectivity index (χ2v) is 8.67. The molecule has 3 aromatic rings. The van der Waals surface area contributed by atoms with Gasteiger partial charge in [0.1, 0.15) is 11.9 Å². The van der Waals surface area contributed by atoms with Crippen LogP contribution in [-0.2, 0) is 11.3 Å². The maximum absolute atomic E-state index is 13.9. The highest BCUT2D eigenvalue weighted by atomic mass is 35.5. The van der Waals surface area contributed by atoms with Crippen molar-refractivity contribution in [3.8, 4) is 16.9 Å². The van der Waals surface area contributed by atoms with Crippen LogP contribution in [0.3, 0.4) is 0 Å². The number of aromatic nitrogens is 3. The van der Waals surface area contributed by atoms with Crippen LogP contribution in [-0.4, -0.2) is 38.7 Å². The van der Waals surface area contributed by atoms with E-state index in [0.717, 1.165) is 11.1 Å². The summed E-state index contributed by atoms with van der Waals surface area (Å²) >= 11 is 12.3. The molecule has 0 aliphatic carbocycles. The van der Waals surface area contributed by atoms with Gasteiger partial charge in [0.05, 0.1) is 23.4 Å². The number of halogens is 3. The van der Waals surface area contributed by atoms with Gasteiger partial charge in [-0.2, -0.15) is 5.10 Å². The van der Waals surface area contributed by atoms with Crippen molar-refractivity contribution in [1.82, 2.24) is 14.8 Å². The number of nitrogens with zero attached hydrogens (tertiary/aromatic N) is 3. The fourth-order valence-corrected chi connectivity index (χ4v) is 4.36. The molecule has 0 spiro atoms. The topological polar surface area (TPSA) is 95.4 Å². The number of anilines is 1. The minimum absolute atomic E-state index is 0.0972. The minimum Gasteiger partial charge on any atom is -0.482 e. The van der Waals surface area contributed by atoms with E-state index in [-0.39, 0.29) is 10.8 Å². The van der Waals surface area contributed by atoms with E-state index < -0.39 is 17.5 Å². The molecular formula is C22H23Cl2FN4O3. The number of benzene rings is 1. The Morgan fingerprint density at radius 3 is 2.78 bits per heavy atom. The molecule has 1 aliphatic heterocycles. The van der Waals surface area contributed by atoms with E-state index in [2.05, 4.69) is 10.1 Å². The highest BCUT2D eigenvalue weighted by Gasteiger charge is 2.30. The van der Waals surface area contributed by atoms with Gasteiger partial charge in [-0.05, 0) is 25.1 Å². The zero-order valence-corrected chi connectivity index (χ0v) is 18.9. The van der Waals surface area contributed by atoms with Crippen LogP contribution >= 0.6 is 23.2 Å². The molecule has 170 valence electrons. The predicted octanol–water partition coefficient (Wildman–Crippen LogP) is 4.65. The van der Waals surface area contributed by atoms with Gasteiger partial charge in [-0.1, -0.05) is 23.2 Å². The lowest BCUT2D eigenvalue weighted by molar-refractivity contribution is -0.0744. The van der Waals surface area contributed by atoms with Gasteiger partial charge in [0.25, 0.3) is 0 Å². The van der Waals surface area contributed by atoms with Crippen LogP contribution in [0, 0.1) is 5.82 Å². The van der Waals surface area contributed by atoms with Crippen molar-refractivity contribution >= 4 is 29.0 Å². The first-order valence-corrected chi connectivity index (χ1v) is 10.9. The van der Waals surface area contributed by atoms with Gasteiger partial charge < -0.3 is 20.3 Å². The van der Waals surface area contributed by atoms with Gasteiger partial charge >= 0.3 is 0 Å². The van der Waals surface area contributed by atoms with Crippen molar-refractivity contribution in [3.63, 3.8) is 0 Å². The first-order chi connectivity index (χ1) is 15.3. The summed E-state index contributed by atoms with van der Waals surface area (Å²) in [4.78, 5) is 4.21. The third-order valence-electron chi connectivity index (χ3n) is 5.52. The van der Waals surface area contributed by atoms with Crippen LogP contribution in [0.25, 0.3) is 11.1 Å². The Hall–Kier alpha value is -2.39.